The van der Waals surface area contributed by atoms with Crippen molar-refractivity contribution < 1.29 is 19.4 Å². The number of methoxy groups -OCH3 is 1. The Balaban J connectivity index is 2.37. The first kappa shape index (κ1) is 13.9. The van der Waals surface area contributed by atoms with E-state index in [9.17, 15) is 4.79 Å². The standard InChI is InChI=1S/C15H15NO4/c1-3-10-4-5-13(14(8-10)19-2)20-12-6-7-16-9-11(12)15(17)18/h4-9H,3H2,1-2H3,(H,17,18). The number of benzene rings is 1. The Labute approximate surface area is 116 Å². The number of ether oxygens (including phenoxy) is 2. The fourth-order valence-electron chi connectivity index (χ4n) is 1.77. The maximum absolute atomic E-state index is 11.1. The van der Waals surface area contributed by atoms with Crippen molar-refractivity contribution in [3.63, 3.8) is 0 Å². The Morgan fingerprint density at radius 3 is 2.70 bits per heavy atom. The van der Waals surface area contributed by atoms with Crippen molar-refractivity contribution in [1.82, 2.24) is 4.98 Å². The normalized spacial score (nSPS) is 10.1. The minimum absolute atomic E-state index is 0.00845. The summed E-state index contributed by atoms with van der Waals surface area (Å²) in [6.45, 7) is 2.04. The molecule has 0 unspecified atom stereocenters. The molecule has 5 nitrogen and oxygen atoms in total. The van der Waals surface area contributed by atoms with Crippen molar-refractivity contribution in [2.24, 2.45) is 0 Å². The van der Waals surface area contributed by atoms with E-state index < -0.39 is 5.97 Å². The molecule has 0 radical (unpaired) electrons. The highest BCUT2D eigenvalue weighted by Crippen LogP contribution is 2.33. The lowest BCUT2D eigenvalue weighted by Gasteiger charge is -2.12. The number of carbonyl (C=O) groups is 1. The molecule has 0 aliphatic rings. The largest absolute Gasteiger partial charge is 0.493 e. The Hall–Kier alpha value is -2.56. The monoisotopic (exact) mass is 273 g/mol. The second-order valence-corrected chi connectivity index (χ2v) is 4.12. The lowest BCUT2D eigenvalue weighted by atomic mass is 10.1. The van der Waals surface area contributed by atoms with Gasteiger partial charge in [-0.05, 0) is 24.1 Å². The van der Waals surface area contributed by atoms with Crippen molar-refractivity contribution in [2.75, 3.05) is 7.11 Å². The molecule has 0 amide bonds. The van der Waals surface area contributed by atoms with E-state index in [0.29, 0.717) is 11.5 Å². The minimum atomic E-state index is -1.09. The first-order valence-corrected chi connectivity index (χ1v) is 6.17. The number of aryl methyl sites for hydroxylation is 1. The molecule has 0 saturated heterocycles. The SMILES string of the molecule is CCc1ccc(Oc2ccncc2C(=O)O)c(OC)c1. The summed E-state index contributed by atoms with van der Waals surface area (Å²) in [7, 11) is 1.55. The molecule has 0 aliphatic heterocycles. The second kappa shape index (κ2) is 6.06. The van der Waals surface area contributed by atoms with Gasteiger partial charge in [0.15, 0.2) is 11.5 Å². The molecule has 0 bridgehead atoms. The van der Waals surface area contributed by atoms with Gasteiger partial charge >= 0.3 is 5.97 Å². The van der Waals surface area contributed by atoms with Crippen LogP contribution < -0.4 is 9.47 Å². The predicted molar refractivity (Wildman–Crippen MR) is 73.6 cm³/mol. The van der Waals surface area contributed by atoms with Gasteiger partial charge in [-0.15, -0.1) is 0 Å². The number of aromatic carboxylic acids is 1. The van der Waals surface area contributed by atoms with Gasteiger partial charge < -0.3 is 14.6 Å². The smallest absolute Gasteiger partial charge is 0.341 e. The molecule has 0 spiro atoms. The maximum Gasteiger partial charge on any atom is 0.341 e. The molecule has 1 N–H and O–H groups in total. The average Bonchev–Trinajstić information content (AvgIpc) is 2.48. The van der Waals surface area contributed by atoms with Gasteiger partial charge in [-0.1, -0.05) is 13.0 Å². The van der Waals surface area contributed by atoms with Crippen LogP contribution in [0.2, 0.25) is 0 Å². The molecule has 1 heterocycles. The summed E-state index contributed by atoms with van der Waals surface area (Å²) in [6, 6.07) is 7.07. The summed E-state index contributed by atoms with van der Waals surface area (Å²) >= 11 is 0. The van der Waals surface area contributed by atoms with E-state index in [1.807, 2.05) is 19.1 Å². The van der Waals surface area contributed by atoms with Gasteiger partial charge in [0.2, 0.25) is 0 Å². The molecule has 0 atom stereocenters. The summed E-state index contributed by atoms with van der Waals surface area (Å²) in [5, 5.41) is 9.10. The van der Waals surface area contributed by atoms with Crippen molar-refractivity contribution in [3.05, 3.63) is 47.8 Å². The van der Waals surface area contributed by atoms with Crippen LogP contribution in [0.25, 0.3) is 0 Å². The van der Waals surface area contributed by atoms with Gasteiger partial charge in [0.25, 0.3) is 0 Å². The molecule has 0 fully saturated rings. The number of carboxylic acids is 1. The summed E-state index contributed by atoms with van der Waals surface area (Å²) < 4.78 is 10.9. The van der Waals surface area contributed by atoms with Gasteiger partial charge in [0.1, 0.15) is 11.3 Å². The molecule has 5 heteroatoms. The van der Waals surface area contributed by atoms with E-state index >= 15 is 0 Å². The van der Waals surface area contributed by atoms with Crippen LogP contribution in [0.15, 0.2) is 36.7 Å². The highest BCUT2D eigenvalue weighted by Gasteiger charge is 2.14. The summed E-state index contributed by atoms with van der Waals surface area (Å²) in [6.07, 6.45) is 3.62. The van der Waals surface area contributed by atoms with Crippen molar-refractivity contribution in [1.29, 1.82) is 0 Å². The fraction of sp³-hybridized carbons (Fsp3) is 0.200. The van der Waals surface area contributed by atoms with Crippen LogP contribution >= 0.6 is 0 Å². The van der Waals surface area contributed by atoms with E-state index in [1.54, 1.807) is 13.2 Å². The van der Waals surface area contributed by atoms with E-state index in [2.05, 4.69) is 4.98 Å². The molecular formula is C15H15NO4. The lowest BCUT2D eigenvalue weighted by Crippen LogP contribution is -2.01. The summed E-state index contributed by atoms with van der Waals surface area (Å²) in [5.74, 6) is 0.184. The molecular weight excluding hydrogens is 258 g/mol. The van der Waals surface area contributed by atoms with Gasteiger partial charge in [-0.25, -0.2) is 4.79 Å². The number of pyridine rings is 1. The van der Waals surface area contributed by atoms with Crippen LogP contribution in [0.1, 0.15) is 22.8 Å². The number of aromatic nitrogens is 1. The first-order valence-electron chi connectivity index (χ1n) is 6.17. The van der Waals surface area contributed by atoms with Crippen LogP contribution in [-0.2, 0) is 6.42 Å². The molecule has 1 aromatic carbocycles. The Bertz CT molecular complexity index is 625. The molecule has 0 aliphatic carbocycles. The highest BCUT2D eigenvalue weighted by atomic mass is 16.5. The fourth-order valence-corrected chi connectivity index (χ4v) is 1.77. The minimum Gasteiger partial charge on any atom is -0.493 e. The van der Waals surface area contributed by atoms with Gasteiger partial charge in [-0.2, -0.15) is 0 Å². The molecule has 104 valence electrons. The molecule has 20 heavy (non-hydrogen) atoms. The van der Waals surface area contributed by atoms with Crippen LogP contribution in [0.5, 0.6) is 17.2 Å². The highest BCUT2D eigenvalue weighted by molar-refractivity contribution is 5.90. The number of hydrogen-bond donors (Lipinski definition) is 1. The summed E-state index contributed by atoms with van der Waals surface area (Å²) in [4.78, 5) is 14.9. The van der Waals surface area contributed by atoms with Crippen molar-refractivity contribution in [2.45, 2.75) is 13.3 Å². The number of rotatable bonds is 5. The molecule has 1 aromatic heterocycles. The van der Waals surface area contributed by atoms with Crippen LogP contribution in [-0.4, -0.2) is 23.2 Å². The number of carboxylic acid groups (broad SMARTS) is 1. The van der Waals surface area contributed by atoms with E-state index in [4.69, 9.17) is 14.6 Å². The van der Waals surface area contributed by atoms with Crippen molar-refractivity contribution in [3.8, 4) is 17.2 Å². The predicted octanol–water partition coefficient (Wildman–Crippen LogP) is 3.14. The van der Waals surface area contributed by atoms with Crippen molar-refractivity contribution >= 4 is 5.97 Å². The quantitative estimate of drug-likeness (QED) is 0.906. The number of hydrogen-bond acceptors (Lipinski definition) is 4. The summed E-state index contributed by atoms with van der Waals surface area (Å²) in [5.41, 5.74) is 1.12. The van der Waals surface area contributed by atoms with Crippen LogP contribution in [0, 0.1) is 0 Å². The van der Waals surface area contributed by atoms with Gasteiger partial charge in [0.05, 0.1) is 7.11 Å². The zero-order valence-corrected chi connectivity index (χ0v) is 11.3. The maximum atomic E-state index is 11.1. The zero-order valence-electron chi connectivity index (χ0n) is 11.3. The van der Waals surface area contributed by atoms with Gasteiger partial charge in [0, 0.05) is 18.5 Å². The second-order valence-electron chi connectivity index (χ2n) is 4.12. The zero-order chi connectivity index (χ0) is 14.5. The molecule has 0 saturated carbocycles. The van der Waals surface area contributed by atoms with E-state index in [-0.39, 0.29) is 11.3 Å². The van der Waals surface area contributed by atoms with Gasteiger partial charge in [-0.3, -0.25) is 4.98 Å². The average molecular weight is 273 g/mol. The van der Waals surface area contributed by atoms with E-state index in [0.717, 1.165) is 12.0 Å². The Kier molecular flexibility index (Phi) is 4.20. The molecule has 2 rings (SSSR count). The first-order chi connectivity index (χ1) is 9.65. The number of nitrogens with zero attached hydrogens (tertiary/aromatic N) is 1. The third-order valence-electron chi connectivity index (χ3n) is 2.87. The molecule has 2 aromatic rings. The third-order valence-corrected chi connectivity index (χ3v) is 2.87. The Morgan fingerprint density at radius 2 is 2.05 bits per heavy atom. The third kappa shape index (κ3) is 2.88. The van der Waals surface area contributed by atoms with E-state index in [1.165, 1.54) is 18.5 Å². The van der Waals surface area contributed by atoms with Crippen LogP contribution in [0.4, 0.5) is 0 Å². The lowest BCUT2D eigenvalue weighted by molar-refractivity contribution is 0.0693. The Morgan fingerprint density at radius 1 is 1.25 bits per heavy atom. The van der Waals surface area contributed by atoms with Crippen LogP contribution in [0.3, 0.4) is 0 Å². The topological polar surface area (TPSA) is 68.7 Å².